The highest BCUT2D eigenvalue weighted by Gasteiger charge is 2.23. The van der Waals surface area contributed by atoms with Gasteiger partial charge in [0.25, 0.3) is 0 Å². The van der Waals surface area contributed by atoms with E-state index in [1.807, 2.05) is 6.07 Å². The summed E-state index contributed by atoms with van der Waals surface area (Å²) in [5, 5.41) is 0. The highest BCUT2D eigenvalue weighted by molar-refractivity contribution is 5.85. The molecular weight excluding hydrogens is 382 g/mol. The van der Waals surface area contributed by atoms with E-state index in [9.17, 15) is 27.2 Å². The summed E-state index contributed by atoms with van der Waals surface area (Å²) >= 11 is 0. The van der Waals surface area contributed by atoms with Gasteiger partial charge in [-0.3, -0.25) is 9.59 Å². The molecule has 0 bridgehead atoms. The van der Waals surface area contributed by atoms with E-state index in [2.05, 4.69) is 4.74 Å². The van der Waals surface area contributed by atoms with Crippen LogP contribution in [0.5, 0.6) is 5.75 Å². The van der Waals surface area contributed by atoms with Crippen LogP contribution in [0.15, 0.2) is 36.4 Å². The fourth-order valence-corrected chi connectivity index (χ4v) is 2.17. The van der Waals surface area contributed by atoms with E-state index in [0.717, 1.165) is 5.56 Å². The molecule has 0 aliphatic rings. The second-order valence-electron chi connectivity index (χ2n) is 5.84. The summed E-state index contributed by atoms with van der Waals surface area (Å²) in [6.07, 6.45) is -0.269. The SMILES string of the molecule is N[C@@H](CCC(=O)OCc1ccccc1)C(=O)COc1c(F)c(F)cc(F)c1F. The Morgan fingerprint density at radius 1 is 1.00 bits per heavy atom. The van der Waals surface area contributed by atoms with Crippen LogP contribution in [0.25, 0.3) is 0 Å². The minimum Gasteiger partial charge on any atom is -0.479 e. The third-order valence-corrected chi connectivity index (χ3v) is 3.75. The van der Waals surface area contributed by atoms with Crippen LogP contribution in [0.3, 0.4) is 0 Å². The topological polar surface area (TPSA) is 78.6 Å². The Morgan fingerprint density at radius 3 is 2.21 bits per heavy atom. The number of esters is 1. The van der Waals surface area contributed by atoms with Crippen LogP contribution >= 0.6 is 0 Å². The van der Waals surface area contributed by atoms with Crippen molar-refractivity contribution in [3.8, 4) is 5.75 Å². The molecule has 1 atom stereocenters. The number of hydrogen-bond acceptors (Lipinski definition) is 5. The van der Waals surface area contributed by atoms with Crippen LogP contribution < -0.4 is 10.5 Å². The van der Waals surface area contributed by atoms with Gasteiger partial charge in [0.15, 0.2) is 23.2 Å². The van der Waals surface area contributed by atoms with E-state index in [1.54, 1.807) is 24.3 Å². The van der Waals surface area contributed by atoms with Crippen molar-refractivity contribution < 1.29 is 36.6 Å². The zero-order valence-electron chi connectivity index (χ0n) is 14.6. The standard InChI is InChI=1S/C19H17F4NO4/c20-12-8-13(21)18(23)19(17(12)22)28-10-15(25)14(24)6-7-16(26)27-9-11-4-2-1-3-5-11/h1-5,8,14H,6-7,9-10,24H2/t14-/m0/s1. The van der Waals surface area contributed by atoms with Crippen LogP contribution in [0, 0.1) is 23.3 Å². The van der Waals surface area contributed by atoms with Crippen molar-refractivity contribution in [1.29, 1.82) is 0 Å². The van der Waals surface area contributed by atoms with Gasteiger partial charge in [-0.25, -0.2) is 8.78 Å². The van der Waals surface area contributed by atoms with E-state index < -0.39 is 53.4 Å². The van der Waals surface area contributed by atoms with Crippen molar-refractivity contribution in [1.82, 2.24) is 0 Å². The summed E-state index contributed by atoms with van der Waals surface area (Å²) in [6, 6.07) is 7.76. The first-order chi connectivity index (χ1) is 13.3. The Labute approximate surface area is 158 Å². The molecule has 2 rings (SSSR count). The molecule has 0 aliphatic carbocycles. The Bertz CT molecular complexity index is 819. The van der Waals surface area contributed by atoms with Gasteiger partial charge in [0, 0.05) is 12.5 Å². The summed E-state index contributed by atoms with van der Waals surface area (Å²) < 4.78 is 62.7. The zero-order valence-corrected chi connectivity index (χ0v) is 14.6. The summed E-state index contributed by atoms with van der Waals surface area (Å²) in [5.41, 5.74) is 6.39. The summed E-state index contributed by atoms with van der Waals surface area (Å²) in [6.45, 7) is -0.855. The van der Waals surface area contributed by atoms with Gasteiger partial charge < -0.3 is 15.2 Å². The fraction of sp³-hybridized carbons (Fsp3) is 0.263. The van der Waals surface area contributed by atoms with Gasteiger partial charge in [0.05, 0.1) is 6.04 Å². The lowest BCUT2D eigenvalue weighted by atomic mass is 10.1. The minimum atomic E-state index is -1.76. The maximum atomic E-state index is 13.5. The zero-order chi connectivity index (χ0) is 20.7. The molecule has 0 heterocycles. The minimum absolute atomic E-state index is 0.0200. The van der Waals surface area contributed by atoms with Crippen molar-refractivity contribution >= 4 is 11.8 Å². The van der Waals surface area contributed by atoms with E-state index in [0.29, 0.717) is 0 Å². The van der Waals surface area contributed by atoms with Gasteiger partial charge in [-0.05, 0) is 12.0 Å². The van der Waals surface area contributed by atoms with Crippen molar-refractivity contribution in [2.75, 3.05) is 6.61 Å². The second-order valence-corrected chi connectivity index (χ2v) is 5.84. The molecule has 9 heteroatoms. The summed E-state index contributed by atoms with van der Waals surface area (Å²) in [5.74, 6) is -9.58. The van der Waals surface area contributed by atoms with Gasteiger partial charge in [-0.15, -0.1) is 0 Å². The number of carbonyl (C=O) groups is 2. The quantitative estimate of drug-likeness (QED) is 0.398. The molecule has 0 aliphatic heterocycles. The lowest BCUT2D eigenvalue weighted by Gasteiger charge is -2.13. The number of hydrogen-bond donors (Lipinski definition) is 1. The maximum Gasteiger partial charge on any atom is 0.306 e. The van der Waals surface area contributed by atoms with Gasteiger partial charge in [-0.2, -0.15) is 8.78 Å². The number of nitrogens with two attached hydrogens (primary N) is 1. The molecule has 5 nitrogen and oxygen atoms in total. The molecule has 0 saturated heterocycles. The normalized spacial score (nSPS) is 11.8. The van der Waals surface area contributed by atoms with Gasteiger partial charge in [0.1, 0.15) is 13.2 Å². The van der Waals surface area contributed by atoms with Crippen LogP contribution in [-0.2, 0) is 20.9 Å². The predicted molar refractivity (Wildman–Crippen MR) is 90.2 cm³/mol. The molecule has 2 aromatic carbocycles. The molecule has 2 N–H and O–H groups in total. The van der Waals surface area contributed by atoms with E-state index in [4.69, 9.17) is 10.5 Å². The van der Waals surface area contributed by atoms with Crippen LogP contribution in [0.2, 0.25) is 0 Å². The largest absolute Gasteiger partial charge is 0.479 e. The van der Waals surface area contributed by atoms with Crippen molar-refractivity contribution in [3.63, 3.8) is 0 Å². The van der Waals surface area contributed by atoms with Crippen LogP contribution in [-0.4, -0.2) is 24.4 Å². The third-order valence-electron chi connectivity index (χ3n) is 3.75. The lowest BCUT2D eigenvalue weighted by molar-refractivity contribution is -0.145. The van der Waals surface area contributed by atoms with Gasteiger partial charge >= 0.3 is 5.97 Å². The number of rotatable bonds is 9. The number of benzene rings is 2. The molecule has 0 fully saturated rings. The molecule has 28 heavy (non-hydrogen) atoms. The average Bonchev–Trinajstić information content (AvgIpc) is 2.69. The molecular formula is C19H17F4NO4. The monoisotopic (exact) mass is 399 g/mol. The van der Waals surface area contributed by atoms with Crippen LogP contribution in [0.4, 0.5) is 17.6 Å². The first kappa shape index (κ1) is 21.4. The molecule has 2 aromatic rings. The number of Topliss-reactive ketones (excluding diaryl/α,β-unsaturated/α-hetero) is 1. The molecule has 0 unspecified atom stereocenters. The Morgan fingerprint density at radius 2 is 1.61 bits per heavy atom. The first-order valence-electron chi connectivity index (χ1n) is 8.23. The highest BCUT2D eigenvalue weighted by atomic mass is 19.2. The third kappa shape index (κ3) is 5.78. The number of ketones is 1. The number of carbonyl (C=O) groups excluding carboxylic acids is 2. The molecule has 0 aromatic heterocycles. The average molecular weight is 399 g/mol. The number of ether oxygens (including phenoxy) is 2. The Balaban J connectivity index is 1.79. The smallest absolute Gasteiger partial charge is 0.306 e. The van der Waals surface area contributed by atoms with E-state index in [-0.39, 0.29) is 25.5 Å². The van der Waals surface area contributed by atoms with Gasteiger partial charge in [-0.1, -0.05) is 30.3 Å². The predicted octanol–water partition coefficient (Wildman–Crippen LogP) is 3.04. The van der Waals surface area contributed by atoms with E-state index >= 15 is 0 Å². The Kier molecular flexibility index (Phi) is 7.51. The lowest BCUT2D eigenvalue weighted by Crippen LogP contribution is -2.35. The molecule has 0 amide bonds. The maximum absolute atomic E-state index is 13.5. The summed E-state index contributed by atoms with van der Waals surface area (Å²) in [4.78, 5) is 23.6. The highest BCUT2D eigenvalue weighted by Crippen LogP contribution is 2.26. The second kappa shape index (κ2) is 9.84. The Hall–Kier alpha value is -2.94. The van der Waals surface area contributed by atoms with Crippen molar-refractivity contribution in [3.05, 3.63) is 65.2 Å². The molecule has 0 radical (unpaired) electrons. The first-order valence-corrected chi connectivity index (χ1v) is 8.23. The summed E-state index contributed by atoms with van der Waals surface area (Å²) in [7, 11) is 0. The van der Waals surface area contributed by atoms with Crippen LogP contribution in [0.1, 0.15) is 18.4 Å². The number of halogens is 4. The molecule has 150 valence electrons. The van der Waals surface area contributed by atoms with Crippen molar-refractivity contribution in [2.24, 2.45) is 5.73 Å². The molecule has 0 saturated carbocycles. The van der Waals surface area contributed by atoms with Crippen molar-refractivity contribution in [2.45, 2.75) is 25.5 Å². The molecule has 0 spiro atoms. The van der Waals surface area contributed by atoms with Gasteiger partial charge in [0.2, 0.25) is 11.6 Å². The van der Waals surface area contributed by atoms with E-state index in [1.165, 1.54) is 0 Å². The fourth-order valence-electron chi connectivity index (χ4n) is 2.17.